The Hall–Kier alpha value is -2.30. The molecule has 1 aliphatic rings. The average Bonchev–Trinajstić information content (AvgIpc) is 3.01. The lowest BCUT2D eigenvalue weighted by molar-refractivity contribution is -0.149. The van der Waals surface area contributed by atoms with Crippen molar-refractivity contribution < 1.29 is 9.53 Å². The molecule has 146 valence electrons. The second-order valence-electron chi connectivity index (χ2n) is 7.25. The second-order valence-corrected chi connectivity index (χ2v) is 7.63. The molecule has 1 aliphatic heterocycles. The van der Waals surface area contributed by atoms with E-state index < -0.39 is 0 Å². The van der Waals surface area contributed by atoms with Crippen molar-refractivity contribution in [2.45, 2.75) is 26.3 Å². The molecule has 0 atom stereocenters. The molecule has 1 saturated heterocycles. The molecular formula is C23H25ClN2O2. The number of benzene rings is 2. The number of hydrogen-bond donors (Lipinski definition) is 0. The lowest BCUT2D eigenvalue weighted by atomic mass is 9.97. The van der Waals surface area contributed by atoms with Gasteiger partial charge in [0.1, 0.15) is 0 Å². The van der Waals surface area contributed by atoms with Gasteiger partial charge < -0.3 is 9.30 Å². The molecule has 0 aliphatic carbocycles. The highest BCUT2D eigenvalue weighted by atomic mass is 35.5. The molecular weight excluding hydrogens is 372 g/mol. The number of rotatable bonds is 5. The summed E-state index contributed by atoms with van der Waals surface area (Å²) in [6, 6.07) is 18.6. The third kappa shape index (κ3) is 3.67. The average molecular weight is 397 g/mol. The highest BCUT2D eigenvalue weighted by Crippen LogP contribution is 2.34. The molecule has 0 bridgehead atoms. The van der Waals surface area contributed by atoms with E-state index in [0.29, 0.717) is 6.61 Å². The van der Waals surface area contributed by atoms with Crippen molar-refractivity contribution in [1.82, 2.24) is 9.47 Å². The molecule has 0 amide bonds. The number of fused-ring (bicyclic) bond motifs is 1. The van der Waals surface area contributed by atoms with Crippen LogP contribution in [-0.2, 0) is 16.1 Å². The van der Waals surface area contributed by atoms with Gasteiger partial charge in [-0.3, -0.25) is 9.69 Å². The standard InChI is InChI=1S/C23H25ClN2O2/c1-2-28-23(27)17-12-14-25(15-13-17)16-21-22(24)19-10-6-7-11-20(19)26(21)18-8-4-3-5-9-18/h3-11,17H,2,12-16H2,1H3. The predicted molar refractivity (Wildman–Crippen MR) is 113 cm³/mol. The number of nitrogens with zero attached hydrogens (tertiary/aromatic N) is 2. The van der Waals surface area contributed by atoms with E-state index >= 15 is 0 Å². The molecule has 5 heteroatoms. The number of halogens is 1. The zero-order chi connectivity index (χ0) is 19.5. The van der Waals surface area contributed by atoms with Crippen LogP contribution in [-0.4, -0.2) is 35.1 Å². The van der Waals surface area contributed by atoms with E-state index in [1.165, 1.54) is 0 Å². The van der Waals surface area contributed by atoms with Crippen LogP contribution in [0, 0.1) is 5.92 Å². The van der Waals surface area contributed by atoms with Gasteiger partial charge in [-0.1, -0.05) is 48.0 Å². The minimum absolute atomic E-state index is 0.0200. The summed E-state index contributed by atoms with van der Waals surface area (Å²) in [5.74, 6) is -0.0368. The van der Waals surface area contributed by atoms with Gasteiger partial charge in [0.05, 0.1) is 28.8 Å². The lowest BCUT2D eigenvalue weighted by Crippen LogP contribution is -2.37. The monoisotopic (exact) mass is 396 g/mol. The minimum Gasteiger partial charge on any atom is -0.466 e. The van der Waals surface area contributed by atoms with Crippen LogP contribution in [0.15, 0.2) is 54.6 Å². The summed E-state index contributed by atoms with van der Waals surface area (Å²) < 4.78 is 7.45. The SMILES string of the molecule is CCOC(=O)C1CCN(Cc2c(Cl)c3ccccc3n2-c2ccccc2)CC1. The molecule has 0 spiro atoms. The van der Waals surface area contributed by atoms with Crippen molar-refractivity contribution in [3.8, 4) is 5.69 Å². The molecule has 4 rings (SSSR count). The first-order chi connectivity index (χ1) is 13.7. The Balaban J connectivity index is 1.61. The molecule has 0 N–H and O–H groups in total. The van der Waals surface area contributed by atoms with E-state index in [2.05, 4.69) is 33.7 Å². The van der Waals surface area contributed by atoms with E-state index in [1.54, 1.807) is 0 Å². The third-order valence-corrected chi connectivity index (χ3v) is 5.92. The van der Waals surface area contributed by atoms with Crippen molar-refractivity contribution in [1.29, 1.82) is 0 Å². The molecule has 0 saturated carbocycles. The van der Waals surface area contributed by atoms with Crippen molar-refractivity contribution in [3.05, 3.63) is 65.3 Å². The fourth-order valence-corrected chi connectivity index (χ4v) is 4.37. The van der Waals surface area contributed by atoms with Gasteiger partial charge in [-0.15, -0.1) is 0 Å². The molecule has 2 aromatic carbocycles. The number of likely N-dealkylation sites (tertiary alicyclic amines) is 1. The molecule has 28 heavy (non-hydrogen) atoms. The molecule has 4 nitrogen and oxygen atoms in total. The lowest BCUT2D eigenvalue weighted by Gasteiger charge is -2.31. The number of esters is 1. The Morgan fingerprint density at radius 2 is 1.75 bits per heavy atom. The van der Waals surface area contributed by atoms with Gasteiger partial charge in [-0.05, 0) is 51.1 Å². The van der Waals surface area contributed by atoms with Crippen LogP contribution in [0.3, 0.4) is 0 Å². The van der Waals surface area contributed by atoms with Crippen molar-refractivity contribution >= 4 is 28.5 Å². The summed E-state index contributed by atoms with van der Waals surface area (Å²) in [4.78, 5) is 14.4. The zero-order valence-electron chi connectivity index (χ0n) is 16.1. The smallest absolute Gasteiger partial charge is 0.309 e. The Morgan fingerprint density at radius 3 is 2.46 bits per heavy atom. The molecule has 1 fully saturated rings. The molecule has 0 radical (unpaired) electrons. The number of piperidine rings is 1. The van der Waals surface area contributed by atoms with Gasteiger partial charge in [0.2, 0.25) is 0 Å². The van der Waals surface area contributed by atoms with E-state index in [4.69, 9.17) is 16.3 Å². The maximum atomic E-state index is 12.0. The number of aromatic nitrogens is 1. The van der Waals surface area contributed by atoms with Crippen LogP contribution in [0.4, 0.5) is 0 Å². The van der Waals surface area contributed by atoms with E-state index in [-0.39, 0.29) is 11.9 Å². The normalized spacial score (nSPS) is 15.8. The summed E-state index contributed by atoms with van der Waals surface area (Å²) in [6.07, 6.45) is 1.67. The maximum absolute atomic E-state index is 12.0. The first kappa shape index (κ1) is 19.0. The largest absolute Gasteiger partial charge is 0.466 e. The van der Waals surface area contributed by atoms with Gasteiger partial charge in [-0.2, -0.15) is 0 Å². The first-order valence-corrected chi connectivity index (χ1v) is 10.3. The predicted octanol–water partition coefficient (Wildman–Crippen LogP) is 5.06. The van der Waals surface area contributed by atoms with Crippen molar-refractivity contribution in [2.24, 2.45) is 5.92 Å². The Kier molecular flexibility index (Phi) is 5.69. The topological polar surface area (TPSA) is 34.5 Å². The van der Waals surface area contributed by atoms with Gasteiger partial charge >= 0.3 is 5.97 Å². The summed E-state index contributed by atoms with van der Waals surface area (Å²) in [5, 5.41) is 1.89. The Morgan fingerprint density at radius 1 is 1.07 bits per heavy atom. The van der Waals surface area contributed by atoms with Gasteiger partial charge in [0.15, 0.2) is 0 Å². The van der Waals surface area contributed by atoms with Crippen LogP contribution in [0.5, 0.6) is 0 Å². The number of carbonyl (C=O) groups excluding carboxylic acids is 1. The van der Waals surface area contributed by atoms with E-state index in [0.717, 1.165) is 59.8 Å². The Bertz CT molecular complexity index is 959. The van der Waals surface area contributed by atoms with E-state index in [9.17, 15) is 4.79 Å². The van der Waals surface area contributed by atoms with Crippen LogP contribution in [0.2, 0.25) is 5.02 Å². The van der Waals surface area contributed by atoms with Crippen LogP contribution in [0.1, 0.15) is 25.5 Å². The van der Waals surface area contributed by atoms with Crippen molar-refractivity contribution in [2.75, 3.05) is 19.7 Å². The molecule has 2 heterocycles. The van der Waals surface area contributed by atoms with Crippen LogP contribution >= 0.6 is 11.6 Å². The number of hydrogen-bond acceptors (Lipinski definition) is 3. The van der Waals surface area contributed by atoms with Gasteiger partial charge in [-0.25, -0.2) is 0 Å². The number of para-hydroxylation sites is 2. The first-order valence-electron chi connectivity index (χ1n) is 9.91. The number of carbonyl (C=O) groups is 1. The van der Waals surface area contributed by atoms with Crippen molar-refractivity contribution in [3.63, 3.8) is 0 Å². The molecule has 0 unspecified atom stereocenters. The summed E-state index contributed by atoms with van der Waals surface area (Å²) >= 11 is 6.83. The summed E-state index contributed by atoms with van der Waals surface area (Å²) in [5.41, 5.74) is 3.33. The summed E-state index contributed by atoms with van der Waals surface area (Å²) in [7, 11) is 0. The zero-order valence-corrected chi connectivity index (χ0v) is 16.9. The van der Waals surface area contributed by atoms with Crippen LogP contribution in [0.25, 0.3) is 16.6 Å². The highest BCUT2D eigenvalue weighted by Gasteiger charge is 2.27. The van der Waals surface area contributed by atoms with Crippen LogP contribution < -0.4 is 0 Å². The maximum Gasteiger partial charge on any atom is 0.309 e. The molecule has 3 aromatic rings. The quantitative estimate of drug-likeness (QED) is 0.565. The second kappa shape index (κ2) is 8.38. The van der Waals surface area contributed by atoms with E-state index in [1.807, 2.05) is 37.3 Å². The highest BCUT2D eigenvalue weighted by molar-refractivity contribution is 6.36. The van der Waals surface area contributed by atoms with Gasteiger partial charge in [0.25, 0.3) is 0 Å². The fourth-order valence-electron chi connectivity index (χ4n) is 4.06. The summed E-state index contributed by atoms with van der Waals surface area (Å²) in [6.45, 7) is 4.81. The Labute approximate surface area is 170 Å². The molecule has 1 aromatic heterocycles. The van der Waals surface area contributed by atoms with Gasteiger partial charge in [0, 0.05) is 17.6 Å². The number of ether oxygens (including phenoxy) is 1. The minimum atomic E-state index is -0.0569. The fraction of sp³-hybridized carbons (Fsp3) is 0.348. The third-order valence-electron chi connectivity index (χ3n) is 5.50.